The van der Waals surface area contributed by atoms with Crippen LogP contribution in [0.1, 0.15) is 40.0 Å². The molecule has 0 heteroatoms. The first-order valence-electron chi connectivity index (χ1n) is 4.67. The minimum atomic E-state index is 0.806. The summed E-state index contributed by atoms with van der Waals surface area (Å²) in [4.78, 5) is 0. The largest absolute Gasteiger partial charge is 0.0651 e. The van der Waals surface area contributed by atoms with E-state index in [4.69, 9.17) is 0 Å². The fourth-order valence-corrected chi connectivity index (χ4v) is 3.74. The number of hydrogen-bond donors (Lipinski definition) is 0. The van der Waals surface area contributed by atoms with Crippen molar-refractivity contribution in [3.8, 4) is 0 Å². The second-order valence-electron chi connectivity index (χ2n) is 4.73. The van der Waals surface area contributed by atoms with Crippen LogP contribution in [0.2, 0.25) is 0 Å². The van der Waals surface area contributed by atoms with Crippen molar-refractivity contribution < 1.29 is 0 Å². The van der Waals surface area contributed by atoms with Crippen molar-refractivity contribution in [1.29, 1.82) is 0 Å². The average Bonchev–Trinajstić information content (AvgIpc) is 1.83. The molecule has 0 saturated heterocycles. The molecule has 4 atom stereocenters. The number of fused-ring (bicyclic) bond motifs is 1. The molecular weight excluding hydrogens is 120 g/mol. The molecule has 0 heterocycles. The van der Waals surface area contributed by atoms with E-state index in [2.05, 4.69) is 20.8 Å². The lowest BCUT2D eigenvalue weighted by molar-refractivity contribution is -0.167. The predicted molar refractivity (Wildman–Crippen MR) is 43.8 cm³/mol. The Kier molecular flexibility index (Phi) is 1.19. The minimum absolute atomic E-state index is 0.806. The van der Waals surface area contributed by atoms with Gasteiger partial charge in [0.25, 0.3) is 0 Å². The third-order valence-corrected chi connectivity index (χ3v) is 3.97. The molecule has 0 radical (unpaired) electrons. The Labute approximate surface area is 64.0 Å². The van der Waals surface area contributed by atoms with Gasteiger partial charge in [0.05, 0.1) is 0 Å². The molecule has 2 fully saturated rings. The van der Waals surface area contributed by atoms with E-state index in [9.17, 15) is 0 Å². The van der Waals surface area contributed by atoms with Crippen LogP contribution < -0.4 is 0 Å². The first kappa shape index (κ1) is 6.69. The molecule has 0 N–H and O–H groups in total. The highest BCUT2D eigenvalue weighted by Gasteiger charge is 2.59. The lowest BCUT2D eigenvalue weighted by atomic mass is 9.39. The second-order valence-corrected chi connectivity index (χ2v) is 4.73. The fraction of sp³-hybridized carbons (Fsp3) is 1.00. The van der Waals surface area contributed by atoms with Gasteiger partial charge >= 0.3 is 0 Å². The van der Waals surface area contributed by atoms with Gasteiger partial charge in [0.1, 0.15) is 0 Å². The van der Waals surface area contributed by atoms with E-state index in [0.29, 0.717) is 0 Å². The van der Waals surface area contributed by atoms with Crippen molar-refractivity contribution in [2.75, 3.05) is 0 Å². The second kappa shape index (κ2) is 1.78. The topological polar surface area (TPSA) is 0 Å². The first-order valence-corrected chi connectivity index (χ1v) is 4.67. The molecular formula is C10H18. The van der Waals surface area contributed by atoms with Gasteiger partial charge < -0.3 is 0 Å². The predicted octanol–water partition coefficient (Wildman–Crippen LogP) is 3.08. The smallest absolute Gasteiger partial charge is 0.0287 e. The Morgan fingerprint density at radius 3 is 2.40 bits per heavy atom. The summed E-state index contributed by atoms with van der Waals surface area (Å²) in [5.74, 6) is 3.25. The molecule has 0 aromatic heterocycles. The van der Waals surface area contributed by atoms with Crippen molar-refractivity contribution in [3.63, 3.8) is 0 Å². The Balaban J connectivity index is 2.02. The van der Waals surface area contributed by atoms with E-state index in [1.165, 1.54) is 19.3 Å². The molecule has 0 aromatic rings. The molecule has 0 aliphatic heterocycles. The fourth-order valence-electron chi connectivity index (χ4n) is 3.74. The Bertz CT molecular complexity index is 150. The van der Waals surface area contributed by atoms with Crippen molar-refractivity contribution in [3.05, 3.63) is 0 Å². The zero-order chi connectivity index (χ0) is 7.35. The third kappa shape index (κ3) is 0.580. The maximum absolute atomic E-state index is 2.48. The highest BCUT2D eigenvalue weighted by atomic mass is 14.6. The SMILES string of the molecule is CCC1CC2(C)CC(C)C12. The van der Waals surface area contributed by atoms with Crippen LogP contribution in [0.15, 0.2) is 0 Å². The quantitative estimate of drug-likeness (QED) is 0.522. The van der Waals surface area contributed by atoms with E-state index in [0.717, 1.165) is 23.2 Å². The summed E-state index contributed by atoms with van der Waals surface area (Å²) in [7, 11) is 0. The lowest BCUT2D eigenvalue weighted by Crippen LogP contribution is -2.58. The van der Waals surface area contributed by atoms with Gasteiger partial charge in [-0.2, -0.15) is 0 Å². The molecule has 0 spiro atoms. The van der Waals surface area contributed by atoms with E-state index >= 15 is 0 Å². The summed E-state index contributed by atoms with van der Waals surface area (Å²) in [5, 5.41) is 0. The van der Waals surface area contributed by atoms with Crippen LogP contribution in [0.3, 0.4) is 0 Å². The number of rotatable bonds is 1. The summed E-state index contributed by atoms with van der Waals surface area (Å²) in [6.45, 7) is 7.24. The normalized spacial score (nSPS) is 58.5. The molecule has 0 amide bonds. The molecule has 58 valence electrons. The van der Waals surface area contributed by atoms with Crippen LogP contribution in [0.25, 0.3) is 0 Å². The van der Waals surface area contributed by atoms with Crippen LogP contribution in [0.4, 0.5) is 0 Å². The van der Waals surface area contributed by atoms with Gasteiger partial charge in [-0.15, -0.1) is 0 Å². The van der Waals surface area contributed by atoms with Gasteiger partial charge in [0, 0.05) is 0 Å². The molecule has 2 aliphatic rings. The summed E-state index contributed by atoms with van der Waals surface area (Å²) in [6, 6.07) is 0. The molecule has 10 heavy (non-hydrogen) atoms. The maximum Gasteiger partial charge on any atom is -0.0287 e. The van der Waals surface area contributed by atoms with E-state index < -0.39 is 0 Å². The molecule has 2 aliphatic carbocycles. The van der Waals surface area contributed by atoms with Crippen molar-refractivity contribution in [2.24, 2.45) is 23.2 Å². The molecule has 0 nitrogen and oxygen atoms in total. The average molecular weight is 138 g/mol. The van der Waals surface area contributed by atoms with Gasteiger partial charge in [0.2, 0.25) is 0 Å². The van der Waals surface area contributed by atoms with E-state index in [-0.39, 0.29) is 0 Å². The van der Waals surface area contributed by atoms with Crippen LogP contribution in [0, 0.1) is 23.2 Å². The minimum Gasteiger partial charge on any atom is -0.0651 e. The monoisotopic (exact) mass is 138 g/mol. The Morgan fingerprint density at radius 1 is 1.40 bits per heavy atom. The zero-order valence-corrected chi connectivity index (χ0v) is 7.35. The van der Waals surface area contributed by atoms with Gasteiger partial charge in [-0.3, -0.25) is 0 Å². The van der Waals surface area contributed by atoms with Gasteiger partial charge in [-0.05, 0) is 36.0 Å². The first-order chi connectivity index (χ1) is 4.67. The van der Waals surface area contributed by atoms with Crippen LogP contribution >= 0.6 is 0 Å². The van der Waals surface area contributed by atoms with Crippen molar-refractivity contribution >= 4 is 0 Å². The van der Waals surface area contributed by atoms with Crippen LogP contribution in [-0.2, 0) is 0 Å². The van der Waals surface area contributed by atoms with Crippen LogP contribution in [-0.4, -0.2) is 0 Å². The van der Waals surface area contributed by atoms with E-state index in [1.54, 1.807) is 0 Å². The Morgan fingerprint density at radius 2 is 2.10 bits per heavy atom. The van der Waals surface area contributed by atoms with Gasteiger partial charge in [0.15, 0.2) is 0 Å². The zero-order valence-electron chi connectivity index (χ0n) is 7.35. The molecule has 2 saturated carbocycles. The summed E-state index contributed by atoms with van der Waals surface area (Å²) >= 11 is 0. The lowest BCUT2D eigenvalue weighted by Gasteiger charge is -2.66. The third-order valence-electron chi connectivity index (χ3n) is 3.97. The van der Waals surface area contributed by atoms with Crippen LogP contribution in [0.5, 0.6) is 0 Å². The highest BCUT2D eigenvalue weighted by molar-refractivity contribution is 5.08. The molecule has 4 unspecified atom stereocenters. The molecule has 0 aromatic carbocycles. The standard InChI is InChI=1S/C10H18/c1-4-8-6-10(3)5-7(2)9(8)10/h7-9H,4-6H2,1-3H3. The molecule has 0 bridgehead atoms. The van der Waals surface area contributed by atoms with Crippen molar-refractivity contribution in [1.82, 2.24) is 0 Å². The summed E-state index contributed by atoms with van der Waals surface area (Å²) in [5.41, 5.74) is 0.806. The summed E-state index contributed by atoms with van der Waals surface area (Å²) < 4.78 is 0. The highest BCUT2D eigenvalue weighted by Crippen LogP contribution is 2.67. The van der Waals surface area contributed by atoms with Crippen molar-refractivity contribution in [2.45, 2.75) is 40.0 Å². The molecule has 2 rings (SSSR count). The maximum atomic E-state index is 2.48. The summed E-state index contributed by atoms with van der Waals surface area (Å²) in [6.07, 6.45) is 4.46. The van der Waals surface area contributed by atoms with E-state index in [1.807, 2.05) is 0 Å². The van der Waals surface area contributed by atoms with Gasteiger partial charge in [-0.1, -0.05) is 27.2 Å². The van der Waals surface area contributed by atoms with Gasteiger partial charge in [-0.25, -0.2) is 0 Å². The Hall–Kier alpha value is 0. The number of hydrogen-bond acceptors (Lipinski definition) is 0.